The molecule has 2 aliphatic heterocycles. The van der Waals surface area contributed by atoms with Gasteiger partial charge in [0.1, 0.15) is 16.9 Å². The van der Waals surface area contributed by atoms with E-state index < -0.39 is 11.1 Å². The summed E-state index contributed by atoms with van der Waals surface area (Å²) in [5, 5.41) is 12.8. The minimum atomic E-state index is -0.828. The highest BCUT2D eigenvalue weighted by Crippen LogP contribution is 2.28. The van der Waals surface area contributed by atoms with Crippen LogP contribution in [0.15, 0.2) is 30.5 Å². The summed E-state index contributed by atoms with van der Waals surface area (Å²) >= 11 is 0. The number of benzene rings is 1. The number of nitrogens with zero attached hydrogens (tertiary/aromatic N) is 5. The highest BCUT2D eigenvalue weighted by atomic mass is 16.6. The molecule has 0 aliphatic carbocycles. The Hall–Kier alpha value is -3.91. The number of carbonyl (C=O) groups excluding carboxylic acids is 3. The van der Waals surface area contributed by atoms with Crippen molar-refractivity contribution in [1.29, 1.82) is 5.26 Å². The zero-order chi connectivity index (χ0) is 29.6. The standard InChI is InChI=1S/C30H40N6O5/c1-29(2,3)41-28(39)35-16-14-34(15-17-35)12-6-18-40-22-7-8-25-24(19-22)23(9-11-32-25)27(38)33-20-26(37)36-13-5-10-30(36,4)21-31/h7-9,11,19H,5-6,10,12-18,20H2,1-4H3,(H,33,38). The Balaban J connectivity index is 1.26. The number of aromatic nitrogens is 1. The lowest BCUT2D eigenvalue weighted by Gasteiger charge is -2.35. The maximum Gasteiger partial charge on any atom is 0.410 e. The lowest BCUT2D eigenvalue weighted by Crippen LogP contribution is -2.50. The average molecular weight is 565 g/mol. The van der Waals surface area contributed by atoms with Crippen molar-refractivity contribution >= 4 is 28.8 Å². The van der Waals surface area contributed by atoms with Crippen molar-refractivity contribution in [3.05, 3.63) is 36.0 Å². The molecule has 0 spiro atoms. The van der Waals surface area contributed by atoms with Crippen LogP contribution in [0, 0.1) is 11.3 Å². The van der Waals surface area contributed by atoms with Gasteiger partial charge in [-0.05, 0) is 71.2 Å². The summed E-state index contributed by atoms with van der Waals surface area (Å²) in [4.78, 5) is 48.0. The first kappa shape index (κ1) is 30.1. The Morgan fingerprint density at radius 1 is 1.12 bits per heavy atom. The number of hydrogen-bond donors (Lipinski definition) is 1. The molecule has 2 saturated heterocycles. The maximum absolute atomic E-state index is 13.0. The highest BCUT2D eigenvalue weighted by Gasteiger charge is 2.39. The van der Waals surface area contributed by atoms with Crippen LogP contribution in [0.4, 0.5) is 4.79 Å². The van der Waals surface area contributed by atoms with Crippen LogP contribution in [-0.4, -0.2) is 101 Å². The summed E-state index contributed by atoms with van der Waals surface area (Å²) in [5.74, 6) is -0.0213. The lowest BCUT2D eigenvalue weighted by molar-refractivity contribution is -0.132. The second-order valence-electron chi connectivity index (χ2n) is 11.8. The molecule has 1 atom stereocenters. The van der Waals surface area contributed by atoms with Gasteiger partial charge in [0.15, 0.2) is 0 Å². The number of ether oxygens (including phenoxy) is 2. The van der Waals surface area contributed by atoms with E-state index in [0.717, 1.165) is 32.5 Å². The van der Waals surface area contributed by atoms with Gasteiger partial charge in [0, 0.05) is 50.9 Å². The number of likely N-dealkylation sites (tertiary alicyclic amines) is 1. The Bertz CT molecular complexity index is 1310. The third-order valence-electron chi connectivity index (χ3n) is 7.45. The van der Waals surface area contributed by atoms with Crippen LogP contribution in [-0.2, 0) is 9.53 Å². The summed E-state index contributed by atoms with van der Waals surface area (Å²) in [6, 6.07) is 9.28. The molecule has 3 amide bonds. The van der Waals surface area contributed by atoms with E-state index >= 15 is 0 Å². The Morgan fingerprint density at radius 2 is 1.88 bits per heavy atom. The highest BCUT2D eigenvalue weighted by molar-refractivity contribution is 6.07. The topological polar surface area (TPSA) is 128 Å². The Morgan fingerprint density at radius 3 is 2.59 bits per heavy atom. The van der Waals surface area contributed by atoms with Gasteiger partial charge in [-0.25, -0.2) is 4.79 Å². The van der Waals surface area contributed by atoms with Crippen molar-refractivity contribution < 1.29 is 23.9 Å². The van der Waals surface area contributed by atoms with Crippen molar-refractivity contribution in [2.24, 2.45) is 0 Å². The first-order chi connectivity index (χ1) is 19.5. The van der Waals surface area contributed by atoms with Crippen LogP contribution in [0.5, 0.6) is 5.75 Å². The molecular formula is C30H40N6O5. The van der Waals surface area contributed by atoms with E-state index in [-0.39, 0.29) is 24.5 Å². The van der Waals surface area contributed by atoms with E-state index in [4.69, 9.17) is 9.47 Å². The third kappa shape index (κ3) is 7.64. The number of fused-ring (bicyclic) bond motifs is 1. The summed E-state index contributed by atoms with van der Waals surface area (Å²) in [6.45, 7) is 11.9. The number of piperazine rings is 1. The molecule has 1 unspecified atom stereocenters. The average Bonchev–Trinajstić information content (AvgIpc) is 3.35. The van der Waals surface area contributed by atoms with Crippen molar-refractivity contribution in [3.8, 4) is 11.8 Å². The van der Waals surface area contributed by atoms with E-state index in [1.54, 1.807) is 35.1 Å². The van der Waals surface area contributed by atoms with Crippen LogP contribution in [0.25, 0.3) is 10.9 Å². The van der Waals surface area contributed by atoms with Gasteiger partial charge in [0.25, 0.3) is 5.91 Å². The quantitative estimate of drug-likeness (QED) is 0.484. The molecule has 2 fully saturated rings. The first-order valence-corrected chi connectivity index (χ1v) is 14.2. The molecule has 11 nitrogen and oxygen atoms in total. The Labute approximate surface area is 241 Å². The monoisotopic (exact) mass is 564 g/mol. The van der Waals surface area contributed by atoms with E-state index in [1.807, 2.05) is 32.9 Å². The van der Waals surface area contributed by atoms with E-state index in [9.17, 15) is 19.6 Å². The van der Waals surface area contributed by atoms with E-state index in [1.165, 1.54) is 0 Å². The fraction of sp³-hybridized carbons (Fsp3) is 0.567. The van der Waals surface area contributed by atoms with Crippen LogP contribution < -0.4 is 10.1 Å². The molecule has 0 saturated carbocycles. The number of hydrogen-bond acceptors (Lipinski definition) is 8. The van der Waals surface area contributed by atoms with Crippen LogP contribution in [0.3, 0.4) is 0 Å². The summed E-state index contributed by atoms with van der Waals surface area (Å²) < 4.78 is 11.5. The van der Waals surface area contributed by atoms with Crippen molar-refractivity contribution in [2.45, 2.75) is 58.1 Å². The predicted octanol–water partition coefficient (Wildman–Crippen LogP) is 3.19. The lowest BCUT2D eigenvalue weighted by atomic mass is 10.0. The van der Waals surface area contributed by atoms with Gasteiger partial charge in [-0.1, -0.05) is 0 Å². The number of pyridine rings is 1. The van der Waals surface area contributed by atoms with Gasteiger partial charge < -0.3 is 24.6 Å². The maximum atomic E-state index is 13.0. The fourth-order valence-corrected chi connectivity index (χ4v) is 5.20. The van der Waals surface area contributed by atoms with Crippen LogP contribution >= 0.6 is 0 Å². The molecule has 11 heteroatoms. The SMILES string of the molecule is CC(C)(C)OC(=O)N1CCN(CCCOc2ccc3nccc(C(=O)NCC(=O)N4CCCC4(C)C#N)c3c2)CC1. The van der Waals surface area contributed by atoms with E-state index in [0.29, 0.717) is 54.9 Å². The molecule has 220 valence electrons. The Kier molecular flexibility index (Phi) is 9.33. The molecule has 41 heavy (non-hydrogen) atoms. The molecule has 1 aromatic carbocycles. The minimum Gasteiger partial charge on any atom is -0.494 e. The predicted molar refractivity (Wildman–Crippen MR) is 153 cm³/mol. The van der Waals surface area contributed by atoms with E-state index in [2.05, 4.69) is 21.3 Å². The van der Waals surface area contributed by atoms with Gasteiger partial charge in [-0.3, -0.25) is 19.5 Å². The normalized spacial score (nSPS) is 19.6. The second kappa shape index (κ2) is 12.7. The smallest absolute Gasteiger partial charge is 0.410 e. The van der Waals surface area contributed by atoms with Crippen molar-refractivity contribution in [1.82, 2.24) is 25.0 Å². The number of nitrogens with one attached hydrogen (secondary N) is 1. The molecule has 3 heterocycles. The number of nitriles is 1. The van der Waals surface area contributed by atoms with Crippen LogP contribution in [0.2, 0.25) is 0 Å². The van der Waals surface area contributed by atoms with Gasteiger partial charge in [-0.2, -0.15) is 5.26 Å². The molecular weight excluding hydrogens is 524 g/mol. The van der Waals surface area contributed by atoms with Gasteiger partial charge in [0.05, 0.1) is 30.3 Å². The van der Waals surface area contributed by atoms with Crippen LogP contribution in [0.1, 0.15) is 57.3 Å². The van der Waals surface area contributed by atoms with Gasteiger partial charge >= 0.3 is 6.09 Å². The second-order valence-corrected chi connectivity index (χ2v) is 11.8. The molecule has 0 bridgehead atoms. The zero-order valence-electron chi connectivity index (χ0n) is 24.4. The fourth-order valence-electron chi connectivity index (χ4n) is 5.20. The molecule has 1 aromatic heterocycles. The molecule has 4 rings (SSSR count). The largest absolute Gasteiger partial charge is 0.494 e. The number of rotatable bonds is 8. The number of amides is 3. The zero-order valence-corrected chi connectivity index (χ0v) is 24.4. The molecule has 2 aliphatic rings. The minimum absolute atomic E-state index is 0.178. The molecule has 2 aromatic rings. The summed E-state index contributed by atoms with van der Waals surface area (Å²) in [5.41, 5.74) is -0.273. The molecule has 1 N–H and O–H groups in total. The number of carbonyl (C=O) groups is 3. The summed E-state index contributed by atoms with van der Waals surface area (Å²) in [7, 11) is 0. The van der Waals surface area contributed by atoms with Crippen molar-refractivity contribution in [2.75, 3.05) is 52.4 Å². The first-order valence-electron chi connectivity index (χ1n) is 14.2. The van der Waals surface area contributed by atoms with Gasteiger partial charge in [0.2, 0.25) is 5.91 Å². The molecule has 0 radical (unpaired) electrons. The third-order valence-corrected chi connectivity index (χ3v) is 7.45. The van der Waals surface area contributed by atoms with Crippen molar-refractivity contribution in [3.63, 3.8) is 0 Å². The van der Waals surface area contributed by atoms with Gasteiger partial charge in [-0.15, -0.1) is 0 Å². The summed E-state index contributed by atoms with van der Waals surface area (Å²) in [6.07, 6.45) is 3.51.